The fourth-order valence-electron chi connectivity index (χ4n) is 3.12. The zero-order valence-corrected chi connectivity index (χ0v) is 16.0. The van der Waals surface area contributed by atoms with Gasteiger partial charge in [0, 0.05) is 29.9 Å². The van der Waals surface area contributed by atoms with E-state index < -0.39 is 5.97 Å². The number of aromatic nitrogens is 2. The maximum absolute atomic E-state index is 11.3. The number of aliphatic carboxylic acids is 1. The van der Waals surface area contributed by atoms with Crippen LogP contribution in [-0.2, 0) is 11.3 Å². The van der Waals surface area contributed by atoms with Crippen molar-refractivity contribution in [3.8, 4) is 16.9 Å². The fourth-order valence-corrected chi connectivity index (χ4v) is 3.12. The lowest BCUT2D eigenvalue weighted by molar-refractivity contribution is -0.138. The van der Waals surface area contributed by atoms with Gasteiger partial charge in [0.05, 0.1) is 17.9 Å². The number of benzene rings is 2. The van der Waals surface area contributed by atoms with Gasteiger partial charge in [-0.2, -0.15) is 5.10 Å². The molecule has 0 bridgehead atoms. The Morgan fingerprint density at radius 3 is 2.41 bits per heavy atom. The molecule has 2 aromatic carbocycles. The van der Waals surface area contributed by atoms with E-state index in [0.717, 1.165) is 28.1 Å². The Kier molecular flexibility index (Phi) is 5.72. The summed E-state index contributed by atoms with van der Waals surface area (Å²) in [6.07, 6.45) is 2.01. The van der Waals surface area contributed by atoms with E-state index in [9.17, 15) is 9.90 Å². The molecule has 0 atom stereocenters. The van der Waals surface area contributed by atoms with E-state index in [1.165, 1.54) is 0 Å². The van der Waals surface area contributed by atoms with Gasteiger partial charge in [-0.1, -0.05) is 42.5 Å². The van der Waals surface area contributed by atoms with E-state index in [0.29, 0.717) is 6.54 Å². The molecule has 0 radical (unpaired) electrons. The highest BCUT2D eigenvalue weighted by Crippen LogP contribution is 2.28. The largest absolute Gasteiger partial charge is 0.480 e. The van der Waals surface area contributed by atoms with Crippen molar-refractivity contribution in [1.29, 1.82) is 0 Å². The van der Waals surface area contributed by atoms with E-state index in [1.807, 2.05) is 72.1 Å². The first-order valence-corrected chi connectivity index (χ1v) is 9.11. The SMILES string of the molecule is Cc1ccccc1-c1nn(-c2ccccc2)cc1CN(CC(=O)O)C(C)C. The van der Waals surface area contributed by atoms with Crippen LogP contribution < -0.4 is 0 Å². The smallest absolute Gasteiger partial charge is 0.317 e. The Morgan fingerprint density at radius 2 is 1.78 bits per heavy atom. The Labute approximate surface area is 159 Å². The first-order valence-electron chi connectivity index (χ1n) is 9.11. The van der Waals surface area contributed by atoms with Gasteiger partial charge in [-0.25, -0.2) is 4.68 Å². The second-order valence-electron chi connectivity index (χ2n) is 6.99. The van der Waals surface area contributed by atoms with Gasteiger partial charge in [0.2, 0.25) is 0 Å². The summed E-state index contributed by atoms with van der Waals surface area (Å²) in [7, 11) is 0. The fraction of sp³-hybridized carbons (Fsp3) is 0.273. The minimum Gasteiger partial charge on any atom is -0.480 e. The number of aryl methyl sites for hydroxylation is 1. The molecular formula is C22H25N3O2. The van der Waals surface area contributed by atoms with Crippen LogP contribution in [0.3, 0.4) is 0 Å². The molecule has 0 aliphatic carbocycles. The summed E-state index contributed by atoms with van der Waals surface area (Å²) in [6, 6.07) is 18.2. The van der Waals surface area contributed by atoms with Crippen LogP contribution in [0.2, 0.25) is 0 Å². The molecular weight excluding hydrogens is 338 g/mol. The third-order valence-electron chi connectivity index (χ3n) is 4.65. The molecule has 140 valence electrons. The highest BCUT2D eigenvalue weighted by Gasteiger charge is 2.20. The van der Waals surface area contributed by atoms with Gasteiger partial charge >= 0.3 is 5.97 Å². The van der Waals surface area contributed by atoms with Crippen molar-refractivity contribution in [3.63, 3.8) is 0 Å². The minimum atomic E-state index is -0.823. The maximum atomic E-state index is 11.3. The van der Waals surface area contributed by atoms with Crippen LogP contribution in [0.1, 0.15) is 25.0 Å². The normalized spacial score (nSPS) is 11.3. The van der Waals surface area contributed by atoms with Crippen LogP contribution in [-0.4, -0.2) is 38.3 Å². The van der Waals surface area contributed by atoms with E-state index >= 15 is 0 Å². The van der Waals surface area contributed by atoms with Gasteiger partial charge in [0.1, 0.15) is 0 Å². The third-order valence-corrected chi connectivity index (χ3v) is 4.65. The molecule has 0 saturated carbocycles. The summed E-state index contributed by atoms with van der Waals surface area (Å²) in [5.41, 5.74) is 5.11. The van der Waals surface area contributed by atoms with Crippen LogP contribution in [0.25, 0.3) is 16.9 Å². The van der Waals surface area contributed by atoms with Crippen LogP contribution in [0.4, 0.5) is 0 Å². The molecule has 0 amide bonds. The molecule has 1 heterocycles. The van der Waals surface area contributed by atoms with Crippen molar-refractivity contribution in [3.05, 3.63) is 71.9 Å². The van der Waals surface area contributed by atoms with Crippen molar-refractivity contribution in [2.24, 2.45) is 0 Å². The first kappa shape index (κ1) is 18.9. The zero-order valence-electron chi connectivity index (χ0n) is 16.0. The molecule has 3 rings (SSSR count). The molecule has 0 unspecified atom stereocenters. The quantitative estimate of drug-likeness (QED) is 0.685. The summed E-state index contributed by atoms with van der Waals surface area (Å²) >= 11 is 0. The van der Waals surface area contributed by atoms with Gasteiger partial charge in [0.25, 0.3) is 0 Å². The average molecular weight is 363 g/mol. The molecule has 5 nitrogen and oxygen atoms in total. The molecule has 0 saturated heterocycles. The molecule has 1 aromatic heterocycles. The van der Waals surface area contributed by atoms with Crippen molar-refractivity contribution in [2.75, 3.05) is 6.54 Å². The number of carbonyl (C=O) groups is 1. The van der Waals surface area contributed by atoms with Crippen LogP contribution in [0.15, 0.2) is 60.8 Å². The molecule has 0 aliphatic rings. The highest BCUT2D eigenvalue weighted by molar-refractivity contribution is 5.69. The van der Waals surface area contributed by atoms with Crippen LogP contribution in [0, 0.1) is 6.92 Å². The molecule has 5 heteroatoms. The Balaban J connectivity index is 2.06. The second kappa shape index (κ2) is 8.18. The number of nitrogens with zero attached hydrogens (tertiary/aromatic N) is 3. The Bertz CT molecular complexity index is 916. The van der Waals surface area contributed by atoms with E-state index in [4.69, 9.17) is 5.10 Å². The van der Waals surface area contributed by atoms with Crippen molar-refractivity contribution in [2.45, 2.75) is 33.4 Å². The highest BCUT2D eigenvalue weighted by atomic mass is 16.4. The second-order valence-corrected chi connectivity index (χ2v) is 6.99. The number of para-hydroxylation sites is 1. The average Bonchev–Trinajstić information content (AvgIpc) is 3.05. The molecule has 0 aliphatic heterocycles. The number of carboxylic acid groups (broad SMARTS) is 1. The summed E-state index contributed by atoms with van der Waals surface area (Å²) < 4.78 is 1.87. The van der Waals surface area contributed by atoms with Crippen molar-refractivity contribution < 1.29 is 9.90 Å². The summed E-state index contributed by atoms with van der Waals surface area (Å²) in [5.74, 6) is -0.823. The van der Waals surface area contributed by atoms with Gasteiger partial charge in [-0.05, 0) is 38.5 Å². The van der Waals surface area contributed by atoms with Gasteiger partial charge in [-0.3, -0.25) is 9.69 Å². The molecule has 0 fully saturated rings. The lowest BCUT2D eigenvalue weighted by Gasteiger charge is -2.24. The molecule has 3 aromatic rings. The number of rotatable bonds is 7. The zero-order chi connectivity index (χ0) is 19.4. The number of hydrogen-bond donors (Lipinski definition) is 1. The van der Waals surface area contributed by atoms with E-state index in [1.54, 1.807) is 0 Å². The lowest BCUT2D eigenvalue weighted by Crippen LogP contribution is -2.35. The van der Waals surface area contributed by atoms with Crippen molar-refractivity contribution >= 4 is 5.97 Å². The number of carboxylic acids is 1. The first-order chi connectivity index (χ1) is 13.0. The molecule has 1 N–H and O–H groups in total. The summed E-state index contributed by atoms with van der Waals surface area (Å²) in [5, 5.41) is 14.1. The summed E-state index contributed by atoms with van der Waals surface area (Å²) in [6.45, 7) is 6.62. The minimum absolute atomic E-state index is 0.00138. The topological polar surface area (TPSA) is 58.4 Å². The standard InChI is InChI=1S/C22H25N3O2/c1-16(2)24(15-21(26)27)13-18-14-25(19-10-5-4-6-11-19)23-22(18)20-12-8-7-9-17(20)3/h4-12,14,16H,13,15H2,1-3H3,(H,26,27). The van der Waals surface area contributed by atoms with Crippen LogP contribution >= 0.6 is 0 Å². The lowest BCUT2D eigenvalue weighted by atomic mass is 10.0. The number of hydrogen-bond acceptors (Lipinski definition) is 3. The predicted octanol–water partition coefficient (Wildman–Crippen LogP) is 4.14. The molecule has 27 heavy (non-hydrogen) atoms. The monoisotopic (exact) mass is 363 g/mol. The maximum Gasteiger partial charge on any atom is 0.317 e. The summed E-state index contributed by atoms with van der Waals surface area (Å²) in [4.78, 5) is 13.2. The Morgan fingerprint density at radius 1 is 1.11 bits per heavy atom. The Hall–Kier alpha value is -2.92. The van der Waals surface area contributed by atoms with Gasteiger partial charge in [0.15, 0.2) is 0 Å². The van der Waals surface area contributed by atoms with Gasteiger partial charge < -0.3 is 5.11 Å². The van der Waals surface area contributed by atoms with Gasteiger partial charge in [-0.15, -0.1) is 0 Å². The predicted molar refractivity (Wildman–Crippen MR) is 107 cm³/mol. The van der Waals surface area contributed by atoms with E-state index in [2.05, 4.69) is 19.1 Å². The third kappa shape index (κ3) is 4.44. The van der Waals surface area contributed by atoms with E-state index in [-0.39, 0.29) is 12.6 Å². The van der Waals surface area contributed by atoms with Crippen LogP contribution in [0.5, 0.6) is 0 Å². The van der Waals surface area contributed by atoms with Crippen molar-refractivity contribution in [1.82, 2.24) is 14.7 Å². The molecule has 0 spiro atoms.